The van der Waals surface area contributed by atoms with Gasteiger partial charge in [-0.2, -0.15) is 0 Å². The van der Waals surface area contributed by atoms with Gasteiger partial charge in [0.15, 0.2) is 6.61 Å². The van der Waals surface area contributed by atoms with Gasteiger partial charge in [-0.05, 0) is 48.9 Å². The maximum Gasteiger partial charge on any atom is 0.322 e. The van der Waals surface area contributed by atoms with Gasteiger partial charge in [-0.1, -0.05) is 12.1 Å². The molecule has 0 radical (unpaired) electrons. The lowest BCUT2D eigenvalue weighted by molar-refractivity contribution is -0.130. The van der Waals surface area contributed by atoms with E-state index >= 15 is 0 Å². The molecule has 0 aliphatic carbocycles. The van der Waals surface area contributed by atoms with Crippen LogP contribution in [0.25, 0.3) is 0 Å². The van der Waals surface area contributed by atoms with Crippen molar-refractivity contribution in [2.45, 2.75) is 13.0 Å². The Bertz CT molecular complexity index is 776. The summed E-state index contributed by atoms with van der Waals surface area (Å²) in [6.07, 6.45) is 0. The SMILES string of the molecule is C[C@@H](c1ccc(F)cc1)N(C)C(=O)Nc1ccc(OCC(=O)N(C)C)cc1. The minimum atomic E-state index is -0.312. The predicted octanol–water partition coefficient (Wildman–Crippen LogP) is 3.52. The molecule has 2 aromatic carbocycles. The predicted molar refractivity (Wildman–Crippen MR) is 102 cm³/mol. The number of nitrogens with one attached hydrogen (secondary N) is 1. The first-order chi connectivity index (χ1) is 12.8. The minimum Gasteiger partial charge on any atom is -0.484 e. The van der Waals surface area contributed by atoms with Gasteiger partial charge in [0, 0.05) is 26.8 Å². The number of hydrogen-bond donors (Lipinski definition) is 1. The van der Waals surface area contributed by atoms with E-state index in [2.05, 4.69) is 5.32 Å². The smallest absolute Gasteiger partial charge is 0.322 e. The van der Waals surface area contributed by atoms with Crippen molar-refractivity contribution in [3.05, 3.63) is 59.9 Å². The molecular formula is C20H24FN3O3. The average Bonchev–Trinajstić information content (AvgIpc) is 2.66. The van der Waals surface area contributed by atoms with Gasteiger partial charge in [0.1, 0.15) is 11.6 Å². The maximum absolute atomic E-state index is 13.0. The normalized spacial score (nSPS) is 11.4. The van der Waals surface area contributed by atoms with Gasteiger partial charge < -0.3 is 19.9 Å². The zero-order chi connectivity index (χ0) is 20.0. The van der Waals surface area contributed by atoms with E-state index in [-0.39, 0.29) is 30.4 Å². The summed E-state index contributed by atoms with van der Waals surface area (Å²) in [5.41, 5.74) is 1.44. The molecule has 6 nitrogen and oxygen atoms in total. The molecule has 0 heterocycles. The van der Waals surface area contributed by atoms with E-state index in [0.29, 0.717) is 11.4 Å². The first-order valence-electron chi connectivity index (χ1n) is 8.50. The molecule has 0 unspecified atom stereocenters. The molecule has 2 rings (SSSR count). The Morgan fingerprint density at radius 2 is 1.63 bits per heavy atom. The van der Waals surface area contributed by atoms with Gasteiger partial charge in [0.25, 0.3) is 5.91 Å². The Morgan fingerprint density at radius 1 is 1.04 bits per heavy atom. The number of anilines is 1. The fourth-order valence-electron chi connectivity index (χ4n) is 2.26. The zero-order valence-electron chi connectivity index (χ0n) is 15.9. The Labute approximate surface area is 158 Å². The Morgan fingerprint density at radius 3 is 2.19 bits per heavy atom. The van der Waals surface area contributed by atoms with Crippen LogP contribution in [-0.2, 0) is 4.79 Å². The van der Waals surface area contributed by atoms with Gasteiger partial charge in [-0.3, -0.25) is 4.79 Å². The lowest BCUT2D eigenvalue weighted by Gasteiger charge is -2.25. The third-order valence-electron chi connectivity index (χ3n) is 4.22. The van der Waals surface area contributed by atoms with Crippen molar-refractivity contribution in [2.24, 2.45) is 0 Å². The molecule has 144 valence electrons. The monoisotopic (exact) mass is 373 g/mol. The van der Waals surface area contributed by atoms with Crippen molar-refractivity contribution >= 4 is 17.6 Å². The summed E-state index contributed by atoms with van der Waals surface area (Å²) < 4.78 is 18.4. The lowest BCUT2D eigenvalue weighted by Crippen LogP contribution is -2.33. The number of carbonyl (C=O) groups excluding carboxylic acids is 2. The summed E-state index contributed by atoms with van der Waals surface area (Å²) in [4.78, 5) is 26.9. The molecule has 0 bridgehead atoms. The van der Waals surface area contributed by atoms with Crippen LogP contribution in [0.15, 0.2) is 48.5 Å². The molecule has 0 saturated carbocycles. The number of urea groups is 1. The van der Waals surface area contributed by atoms with Crippen LogP contribution in [0.4, 0.5) is 14.9 Å². The summed E-state index contributed by atoms with van der Waals surface area (Å²) in [5, 5.41) is 2.80. The summed E-state index contributed by atoms with van der Waals surface area (Å²) in [7, 11) is 5.00. The largest absolute Gasteiger partial charge is 0.484 e. The van der Waals surface area contributed by atoms with Crippen LogP contribution in [0.5, 0.6) is 5.75 Å². The first kappa shape index (κ1) is 20.2. The standard InChI is InChI=1S/C20H24FN3O3/c1-14(15-5-7-16(21)8-6-15)24(4)20(26)22-17-9-11-18(12-10-17)27-13-19(25)23(2)3/h5-12,14H,13H2,1-4H3,(H,22,26)/t14-/m0/s1. The van der Waals surface area contributed by atoms with Gasteiger partial charge in [0.2, 0.25) is 0 Å². The zero-order valence-corrected chi connectivity index (χ0v) is 15.9. The van der Waals surface area contributed by atoms with Gasteiger partial charge in [-0.15, -0.1) is 0 Å². The number of hydrogen-bond acceptors (Lipinski definition) is 3. The van der Waals surface area contributed by atoms with E-state index in [1.165, 1.54) is 21.9 Å². The van der Waals surface area contributed by atoms with Crippen molar-refractivity contribution in [2.75, 3.05) is 33.1 Å². The molecule has 2 aromatic rings. The summed E-state index contributed by atoms with van der Waals surface area (Å²) in [6.45, 7) is 1.82. The molecule has 3 amide bonds. The second-order valence-electron chi connectivity index (χ2n) is 6.37. The van der Waals surface area contributed by atoms with E-state index in [0.717, 1.165) is 5.56 Å². The maximum atomic E-state index is 13.0. The highest BCUT2D eigenvalue weighted by Gasteiger charge is 2.17. The number of carbonyl (C=O) groups is 2. The molecule has 27 heavy (non-hydrogen) atoms. The summed E-state index contributed by atoms with van der Waals surface area (Å²) in [5.74, 6) is 0.0904. The number of ether oxygens (including phenoxy) is 1. The third kappa shape index (κ3) is 5.70. The topological polar surface area (TPSA) is 61.9 Å². The number of nitrogens with zero attached hydrogens (tertiary/aromatic N) is 2. The first-order valence-corrected chi connectivity index (χ1v) is 8.50. The Kier molecular flexibility index (Phi) is 6.76. The number of amides is 3. The number of benzene rings is 2. The van der Waals surface area contributed by atoms with Crippen LogP contribution in [0.3, 0.4) is 0 Å². The number of rotatable bonds is 6. The highest BCUT2D eigenvalue weighted by molar-refractivity contribution is 5.89. The molecule has 0 aromatic heterocycles. The third-order valence-corrected chi connectivity index (χ3v) is 4.22. The number of halogens is 1. The van der Waals surface area contributed by atoms with Gasteiger partial charge in [0.05, 0.1) is 6.04 Å². The van der Waals surface area contributed by atoms with Gasteiger partial charge >= 0.3 is 6.03 Å². The second kappa shape index (κ2) is 9.02. The van der Waals surface area contributed by atoms with Crippen molar-refractivity contribution < 1.29 is 18.7 Å². The van der Waals surface area contributed by atoms with Crippen LogP contribution < -0.4 is 10.1 Å². The van der Waals surface area contributed by atoms with E-state index < -0.39 is 0 Å². The van der Waals surface area contributed by atoms with Crippen LogP contribution in [0.1, 0.15) is 18.5 Å². The average molecular weight is 373 g/mol. The lowest BCUT2D eigenvalue weighted by atomic mass is 10.1. The molecular weight excluding hydrogens is 349 g/mol. The van der Waals surface area contributed by atoms with Crippen molar-refractivity contribution in [1.29, 1.82) is 0 Å². The van der Waals surface area contributed by atoms with Crippen LogP contribution in [0.2, 0.25) is 0 Å². The van der Waals surface area contributed by atoms with E-state index in [9.17, 15) is 14.0 Å². The van der Waals surface area contributed by atoms with Gasteiger partial charge in [-0.25, -0.2) is 9.18 Å². The molecule has 0 aliphatic rings. The fourth-order valence-corrected chi connectivity index (χ4v) is 2.26. The van der Waals surface area contributed by atoms with Crippen LogP contribution in [0, 0.1) is 5.82 Å². The van der Waals surface area contributed by atoms with Crippen molar-refractivity contribution in [3.63, 3.8) is 0 Å². The molecule has 0 fully saturated rings. The summed E-state index contributed by atoms with van der Waals surface area (Å²) in [6, 6.07) is 12.3. The molecule has 0 aliphatic heterocycles. The van der Waals surface area contributed by atoms with E-state index in [1.54, 1.807) is 57.5 Å². The Balaban J connectivity index is 1.92. The van der Waals surface area contributed by atoms with Crippen LogP contribution >= 0.6 is 0 Å². The molecule has 1 atom stereocenters. The highest BCUT2D eigenvalue weighted by atomic mass is 19.1. The molecule has 0 spiro atoms. The quantitative estimate of drug-likeness (QED) is 0.843. The highest BCUT2D eigenvalue weighted by Crippen LogP contribution is 2.21. The van der Waals surface area contributed by atoms with Crippen molar-refractivity contribution in [1.82, 2.24) is 9.80 Å². The number of likely N-dealkylation sites (N-methyl/N-ethyl adjacent to an activating group) is 1. The van der Waals surface area contributed by atoms with Crippen molar-refractivity contribution in [3.8, 4) is 5.75 Å². The molecule has 7 heteroatoms. The molecule has 0 saturated heterocycles. The second-order valence-corrected chi connectivity index (χ2v) is 6.37. The van der Waals surface area contributed by atoms with E-state index in [1.807, 2.05) is 6.92 Å². The molecule has 1 N–H and O–H groups in total. The van der Waals surface area contributed by atoms with Crippen LogP contribution in [-0.4, -0.2) is 49.5 Å². The van der Waals surface area contributed by atoms with E-state index in [4.69, 9.17) is 4.74 Å². The minimum absolute atomic E-state index is 0.0450. The summed E-state index contributed by atoms with van der Waals surface area (Å²) >= 11 is 0. The fraction of sp³-hybridized carbons (Fsp3) is 0.300. The Hall–Kier alpha value is -3.09.